The maximum Gasteiger partial charge on any atom is 0.231 e. The van der Waals surface area contributed by atoms with Gasteiger partial charge in [-0.05, 0) is 48.7 Å². The van der Waals surface area contributed by atoms with Crippen LogP contribution in [0, 0.1) is 13.8 Å². The lowest BCUT2D eigenvalue weighted by molar-refractivity contribution is 0.174. The Kier molecular flexibility index (Phi) is 4.75. The first-order valence-electron chi connectivity index (χ1n) is 9.81. The van der Waals surface area contributed by atoms with Gasteiger partial charge in [-0.25, -0.2) is 0 Å². The minimum Gasteiger partial charge on any atom is -0.487 e. The summed E-state index contributed by atoms with van der Waals surface area (Å²) in [6, 6.07) is 15.7. The Labute approximate surface area is 179 Å². The number of ether oxygens (including phenoxy) is 3. The minimum absolute atomic E-state index is 0.263. The van der Waals surface area contributed by atoms with E-state index in [0.29, 0.717) is 13.2 Å². The molecule has 2 aromatic heterocycles. The van der Waals surface area contributed by atoms with E-state index in [1.807, 2.05) is 48.5 Å². The monoisotopic (exact) mass is 420 g/mol. The van der Waals surface area contributed by atoms with Crippen LogP contribution in [0.15, 0.2) is 54.7 Å². The van der Waals surface area contributed by atoms with Gasteiger partial charge in [-0.15, -0.1) is 0 Å². The molecule has 2 aromatic carbocycles. The molecule has 0 bridgehead atoms. The van der Waals surface area contributed by atoms with E-state index in [9.17, 15) is 0 Å². The van der Waals surface area contributed by atoms with E-state index < -0.39 is 0 Å². The molecular formula is C24H21ClN2O3. The molecule has 0 saturated heterocycles. The maximum absolute atomic E-state index is 6.43. The molecule has 0 atom stereocenters. The van der Waals surface area contributed by atoms with E-state index in [-0.39, 0.29) is 6.79 Å². The van der Waals surface area contributed by atoms with E-state index in [1.165, 1.54) is 0 Å². The number of benzene rings is 2. The van der Waals surface area contributed by atoms with Crippen LogP contribution in [0.2, 0.25) is 5.02 Å². The van der Waals surface area contributed by atoms with Gasteiger partial charge in [-0.1, -0.05) is 35.9 Å². The van der Waals surface area contributed by atoms with E-state index >= 15 is 0 Å². The molecular weight excluding hydrogens is 400 g/mol. The molecule has 30 heavy (non-hydrogen) atoms. The second kappa shape index (κ2) is 7.58. The van der Waals surface area contributed by atoms with Gasteiger partial charge < -0.3 is 18.8 Å². The van der Waals surface area contributed by atoms with Crippen molar-refractivity contribution in [3.8, 4) is 17.2 Å². The van der Waals surface area contributed by atoms with Crippen LogP contribution in [0.1, 0.15) is 22.4 Å². The van der Waals surface area contributed by atoms with Crippen molar-refractivity contribution >= 4 is 22.6 Å². The maximum atomic E-state index is 6.43. The fourth-order valence-electron chi connectivity index (χ4n) is 3.82. The fraction of sp³-hybridized carbons (Fsp3) is 0.208. The Hall–Kier alpha value is -3.18. The van der Waals surface area contributed by atoms with Crippen molar-refractivity contribution in [1.82, 2.24) is 9.55 Å². The number of aryl methyl sites for hydroxylation is 1. The topological polar surface area (TPSA) is 45.5 Å². The van der Waals surface area contributed by atoms with Gasteiger partial charge in [0.05, 0.1) is 5.52 Å². The van der Waals surface area contributed by atoms with Gasteiger partial charge in [-0.3, -0.25) is 4.98 Å². The average Bonchev–Trinajstić information content (AvgIpc) is 3.32. The summed E-state index contributed by atoms with van der Waals surface area (Å²) in [7, 11) is 0. The molecule has 5 rings (SSSR count). The number of pyridine rings is 1. The third-order valence-corrected chi connectivity index (χ3v) is 5.95. The van der Waals surface area contributed by atoms with Crippen LogP contribution < -0.4 is 14.2 Å². The fourth-order valence-corrected chi connectivity index (χ4v) is 4.01. The highest BCUT2D eigenvalue weighted by Crippen LogP contribution is 2.35. The molecule has 1 aliphatic heterocycles. The molecule has 0 N–H and O–H groups in total. The Balaban J connectivity index is 1.51. The Bertz CT molecular complexity index is 1250. The number of hydrogen-bond donors (Lipinski definition) is 0. The largest absolute Gasteiger partial charge is 0.487 e. The van der Waals surface area contributed by atoms with Crippen LogP contribution in [-0.4, -0.2) is 16.3 Å². The molecule has 4 aromatic rings. The Morgan fingerprint density at radius 3 is 2.77 bits per heavy atom. The second-order valence-electron chi connectivity index (χ2n) is 7.37. The van der Waals surface area contributed by atoms with E-state index in [2.05, 4.69) is 23.4 Å². The second-order valence-corrected chi connectivity index (χ2v) is 7.78. The summed E-state index contributed by atoms with van der Waals surface area (Å²) in [5, 5.41) is 0.753. The summed E-state index contributed by atoms with van der Waals surface area (Å²) in [6.07, 6.45) is 1.80. The van der Waals surface area contributed by atoms with E-state index in [4.69, 9.17) is 25.8 Å². The summed E-state index contributed by atoms with van der Waals surface area (Å²) >= 11 is 6.43. The van der Waals surface area contributed by atoms with Gasteiger partial charge in [0.1, 0.15) is 17.9 Å². The van der Waals surface area contributed by atoms with Gasteiger partial charge in [0.25, 0.3) is 0 Å². The molecule has 6 heteroatoms. The van der Waals surface area contributed by atoms with Crippen molar-refractivity contribution in [2.24, 2.45) is 0 Å². The summed E-state index contributed by atoms with van der Waals surface area (Å²) in [5.74, 6) is 2.32. The van der Waals surface area contributed by atoms with Crippen LogP contribution >= 0.6 is 11.6 Å². The van der Waals surface area contributed by atoms with Crippen molar-refractivity contribution < 1.29 is 14.2 Å². The summed E-state index contributed by atoms with van der Waals surface area (Å²) in [5.41, 5.74) is 6.30. The third-order valence-electron chi connectivity index (χ3n) is 5.58. The number of halogens is 1. The van der Waals surface area contributed by atoms with E-state index in [0.717, 1.165) is 55.7 Å². The van der Waals surface area contributed by atoms with Crippen molar-refractivity contribution in [3.63, 3.8) is 0 Å². The number of aromatic nitrogens is 2. The number of rotatable bonds is 5. The molecule has 3 heterocycles. The average molecular weight is 421 g/mol. The lowest BCUT2D eigenvalue weighted by Gasteiger charge is -2.13. The zero-order valence-corrected chi connectivity index (χ0v) is 17.6. The van der Waals surface area contributed by atoms with Gasteiger partial charge in [-0.2, -0.15) is 0 Å². The number of nitrogens with zero attached hydrogens (tertiary/aromatic N) is 2. The zero-order chi connectivity index (χ0) is 20.7. The molecule has 5 nitrogen and oxygen atoms in total. The molecule has 0 fully saturated rings. The normalized spacial score (nSPS) is 12.5. The van der Waals surface area contributed by atoms with Gasteiger partial charge in [0, 0.05) is 29.5 Å². The molecule has 0 radical (unpaired) electrons. The quantitative estimate of drug-likeness (QED) is 0.417. The van der Waals surface area contributed by atoms with Gasteiger partial charge >= 0.3 is 0 Å². The standard InChI is InChI=1S/C24H21ClN2O3/c1-15-16(2)27(12-18-5-3-4-6-19(18)25)24-21(9-10-26-23(15)24)28-13-17-7-8-20-22(11-17)30-14-29-20/h3-11H,12-14H2,1-2H3. The van der Waals surface area contributed by atoms with Gasteiger partial charge in [0.15, 0.2) is 11.5 Å². The van der Waals surface area contributed by atoms with Crippen molar-refractivity contribution in [2.45, 2.75) is 27.0 Å². The van der Waals surface area contributed by atoms with E-state index in [1.54, 1.807) is 6.20 Å². The lowest BCUT2D eigenvalue weighted by Crippen LogP contribution is -2.04. The van der Waals surface area contributed by atoms with Crippen LogP contribution in [0.25, 0.3) is 11.0 Å². The van der Waals surface area contributed by atoms with Crippen molar-refractivity contribution in [2.75, 3.05) is 6.79 Å². The molecule has 0 unspecified atom stereocenters. The first-order chi connectivity index (χ1) is 14.6. The van der Waals surface area contributed by atoms with Crippen molar-refractivity contribution in [1.29, 1.82) is 0 Å². The first kappa shape index (κ1) is 18.8. The lowest BCUT2D eigenvalue weighted by atomic mass is 10.2. The summed E-state index contributed by atoms with van der Waals surface area (Å²) in [4.78, 5) is 4.62. The van der Waals surface area contributed by atoms with Crippen LogP contribution in [0.5, 0.6) is 17.2 Å². The SMILES string of the molecule is Cc1c(C)n(Cc2ccccc2Cl)c2c(OCc3ccc4c(c3)OCO4)ccnc12. The highest BCUT2D eigenvalue weighted by Gasteiger charge is 2.18. The minimum atomic E-state index is 0.263. The summed E-state index contributed by atoms with van der Waals surface area (Å²) < 4.78 is 19.3. The zero-order valence-electron chi connectivity index (χ0n) is 16.8. The molecule has 0 spiro atoms. The number of hydrogen-bond acceptors (Lipinski definition) is 4. The predicted molar refractivity (Wildman–Crippen MR) is 117 cm³/mol. The number of fused-ring (bicyclic) bond motifs is 2. The highest BCUT2D eigenvalue weighted by atomic mass is 35.5. The first-order valence-corrected chi connectivity index (χ1v) is 10.2. The third kappa shape index (κ3) is 3.25. The Morgan fingerprint density at radius 2 is 1.90 bits per heavy atom. The van der Waals surface area contributed by atoms with Crippen LogP contribution in [-0.2, 0) is 13.2 Å². The molecule has 0 amide bonds. The van der Waals surface area contributed by atoms with Crippen LogP contribution in [0.3, 0.4) is 0 Å². The predicted octanol–water partition coefficient (Wildman–Crippen LogP) is 5.66. The Morgan fingerprint density at radius 1 is 1.07 bits per heavy atom. The van der Waals surface area contributed by atoms with Crippen molar-refractivity contribution in [3.05, 3.63) is 82.1 Å². The van der Waals surface area contributed by atoms with Crippen LogP contribution in [0.4, 0.5) is 0 Å². The molecule has 0 saturated carbocycles. The smallest absolute Gasteiger partial charge is 0.231 e. The molecule has 1 aliphatic rings. The molecule has 0 aliphatic carbocycles. The summed E-state index contributed by atoms with van der Waals surface area (Å²) in [6.45, 7) is 5.54. The molecule has 152 valence electrons. The van der Waals surface area contributed by atoms with Gasteiger partial charge in [0.2, 0.25) is 6.79 Å². The highest BCUT2D eigenvalue weighted by molar-refractivity contribution is 6.31.